The molecule has 0 radical (unpaired) electrons. The fourth-order valence-corrected chi connectivity index (χ4v) is 1.28. The first-order chi connectivity index (χ1) is 6.14. The van der Waals surface area contributed by atoms with Crippen molar-refractivity contribution in [3.63, 3.8) is 0 Å². The first kappa shape index (κ1) is 12.4. The number of amides is 1. The van der Waals surface area contributed by atoms with Crippen LogP contribution in [0, 0.1) is 0 Å². The summed E-state index contributed by atoms with van der Waals surface area (Å²) in [5.74, 6) is 0.0419. The maximum Gasteiger partial charge on any atom is 0.220 e. The lowest BCUT2D eigenvalue weighted by Crippen LogP contribution is -2.50. The first-order valence-corrected chi connectivity index (χ1v) is 5.06. The molecule has 0 aliphatic carbocycles. The zero-order valence-electron chi connectivity index (χ0n) is 8.89. The summed E-state index contributed by atoms with van der Waals surface area (Å²) >= 11 is 0. The van der Waals surface area contributed by atoms with E-state index < -0.39 is 5.54 Å². The van der Waals surface area contributed by atoms with E-state index in [1.807, 2.05) is 20.8 Å². The molecule has 13 heavy (non-hydrogen) atoms. The van der Waals surface area contributed by atoms with Gasteiger partial charge in [0.2, 0.25) is 5.91 Å². The van der Waals surface area contributed by atoms with Gasteiger partial charge in [-0.25, -0.2) is 0 Å². The summed E-state index contributed by atoms with van der Waals surface area (Å²) in [6.45, 7) is 5.95. The molecule has 0 aliphatic rings. The standard InChI is InChI=1S/C10H21NO2/c1-4-7-9(13)11-10(5-2,6-3)8-12/h12H,4-8H2,1-3H3,(H,11,13). The van der Waals surface area contributed by atoms with E-state index in [0.717, 1.165) is 19.3 Å². The molecule has 0 saturated carbocycles. The van der Waals surface area contributed by atoms with Crippen LogP contribution in [0.4, 0.5) is 0 Å². The van der Waals surface area contributed by atoms with E-state index in [1.54, 1.807) is 0 Å². The molecule has 0 aliphatic heterocycles. The van der Waals surface area contributed by atoms with Crippen LogP contribution in [0.15, 0.2) is 0 Å². The third-order valence-corrected chi connectivity index (χ3v) is 2.54. The van der Waals surface area contributed by atoms with Crippen LogP contribution < -0.4 is 5.32 Å². The van der Waals surface area contributed by atoms with Gasteiger partial charge < -0.3 is 10.4 Å². The molecule has 0 aromatic heterocycles. The molecular formula is C10H21NO2. The molecule has 3 nitrogen and oxygen atoms in total. The zero-order valence-corrected chi connectivity index (χ0v) is 8.89. The van der Waals surface area contributed by atoms with Crippen molar-refractivity contribution in [3.8, 4) is 0 Å². The van der Waals surface area contributed by atoms with Crippen molar-refractivity contribution >= 4 is 5.91 Å². The molecule has 0 fully saturated rings. The van der Waals surface area contributed by atoms with E-state index >= 15 is 0 Å². The molecule has 0 spiro atoms. The third kappa shape index (κ3) is 3.77. The van der Waals surface area contributed by atoms with Crippen LogP contribution in [-0.2, 0) is 4.79 Å². The highest BCUT2D eigenvalue weighted by Crippen LogP contribution is 2.14. The minimum Gasteiger partial charge on any atom is -0.394 e. The van der Waals surface area contributed by atoms with Gasteiger partial charge in [0.25, 0.3) is 0 Å². The van der Waals surface area contributed by atoms with E-state index in [9.17, 15) is 9.90 Å². The van der Waals surface area contributed by atoms with Crippen molar-refractivity contribution in [3.05, 3.63) is 0 Å². The highest BCUT2D eigenvalue weighted by Gasteiger charge is 2.26. The van der Waals surface area contributed by atoms with E-state index in [-0.39, 0.29) is 12.5 Å². The fraction of sp³-hybridized carbons (Fsp3) is 0.900. The van der Waals surface area contributed by atoms with Crippen molar-refractivity contribution in [2.45, 2.75) is 52.0 Å². The van der Waals surface area contributed by atoms with Crippen LogP contribution in [0.2, 0.25) is 0 Å². The topological polar surface area (TPSA) is 49.3 Å². The summed E-state index contributed by atoms with van der Waals surface area (Å²) in [5, 5.41) is 12.1. The van der Waals surface area contributed by atoms with Crippen molar-refractivity contribution in [1.29, 1.82) is 0 Å². The largest absolute Gasteiger partial charge is 0.394 e. The SMILES string of the molecule is CCCC(=O)NC(CC)(CC)CO. The Labute approximate surface area is 80.5 Å². The summed E-state index contributed by atoms with van der Waals surface area (Å²) in [5.41, 5.74) is -0.397. The number of aliphatic hydroxyl groups excluding tert-OH is 1. The number of hydrogen-bond donors (Lipinski definition) is 2. The Bertz CT molecular complexity index is 145. The van der Waals surface area contributed by atoms with E-state index in [0.29, 0.717) is 6.42 Å². The predicted octanol–water partition coefficient (Wildman–Crippen LogP) is 1.45. The van der Waals surface area contributed by atoms with Crippen LogP contribution in [0.25, 0.3) is 0 Å². The highest BCUT2D eigenvalue weighted by atomic mass is 16.3. The molecule has 0 atom stereocenters. The summed E-state index contributed by atoms with van der Waals surface area (Å²) in [4.78, 5) is 11.3. The summed E-state index contributed by atoms with van der Waals surface area (Å²) in [6, 6.07) is 0. The highest BCUT2D eigenvalue weighted by molar-refractivity contribution is 5.76. The van der Waals surface area contributed by atoms with Gasteiger partial charge in [-0.3, -0.25) is 4.79 Å². The van der Waals surface area contributed by atoms with Crippen molar-refractivity contribution < 1.29 is 9.90 Å². The minimum atomic E-state index is -0.397. The Balaban J connectivity index is 4.16. The summed E-state index contributed by atoms with van der Waals surface area (Å²) in [6.07, 6.45) is 2.94. The predicted molar refractivity (Wildman–Crippen MR) is 53.4 cm³/mol. The number of hydrogen-bond acceptors (Lipinski definition) is 2. The van der Waals surface area contributed by atoms with E-state index in [4.69, 9.17) is 0 Å². The second-order valence-electron chi connectivity index (χ2n) is 3.44. The smallest absolute Gasteiger partial charge is 0.220 e. The van der Waals surface area contributed by atoms with Gasteiger partial charge in [-0.1, -0.05) is 20.8 Å². The molecule has 0 aromatic carbocycles. The molecule has 0 saturated heterocycles. The number of nitrogens with one attached hydrogen (secondary N) is 1. The second-order valence-corrected chi connectivity index (χ2v) is 3.44. The number of aliphatic hydroxyl groups is 1. The van der Waals surface area contributed by atoms with Gasteiger partial charge in [0.1, 0.15) is 0 Å². The van der Waals surface area contributed by atoms with Gasteiger partial charge in [0.15, 0.2) is 0 Å². The number of rotatable bonds is 6. The molecule has 2 N–H and O–H groups in total. The second kappa shape index (κ2) is 5.97. The molecule has 1 amide bonds. The Hall–Kier alpha value is -0.570. The molecule has 0 unspecified atom stereocenters. The molecular weight excluding hydrogens is 166 g/mol. The van der Waals surface area contributed by atoms with Gasteiger partial charge >= 0.3 is 0 Å². The van der Waals surface area contributed by atoms with Crippen LogP contribution in [0.5, 0.6) is 0 Å². The van der Waals surface area contributed by atoms with Gasteiger partial charge in [0, 0.05) is 6.42 Å². The molecule has 0 bridgehead atoms. The zero-order chi connectivity index (χ0) is 10.3. The van der Waals surface area contributed by atoms with Crippen LogP contribution in [0.3, 0.4) is 0 Å². The molecule has 0 heterocycles. The maximum absolute atomic E-state index is 11.3. The maximum atomic E-state index is 11.3. The number of carbonyl (C=O) groups excluding carboxylic acids is 1. The van der Waals surface area contributed by atoms with Crippen molar-refractivity contribution in [2.75, 3.05) is 6.61 Å². The van der Waals surface area contributed by atoms with Crippen LogP contribution in [-0.4, -0.2) is 23.2 Å². The Morgan fingerprint density at radius 2 is 1.85 bits per heavy atom. The normalized spacial score (nSPS) is 11.4. The van der Waals surface area contributed by atoms with Gasteiger partial charge in [-0.2, -0.15) is 0 Å². The Morgan fingerprint density at radius 1 is 1.31 bits per heavy atom. The minimum absolute atomic E-state index is 0.0233. The lowest BCUT2D eigenvalue weighted by Gasteiger charge is -2.30. The first-order valence-electron chi connectivity index (χ1n) is 5.06. The number of carbonyl (C=O) groups is 1. The quantitative estimate of drug-likeness (QED) is 0.661. The summed E-state index contributed by atoms with van der Waals surface area (Å²) in [7, 11) is 0. The van der Waals surface area contributed by atoms with Gasteiger partial charge in [-0.05, 0) is 19.3 Å². The van der Waals surface area contributed by atoms with E-state index in [1.165, 1.54) is 0 Å². The fourth-order valence-electron chi connectivity index (χ4n) is 1.28. The van der Waals surface area contributed by atoms with Gasteiger partial charge in [-0.15, -0.1) is 0 Å². The van der Waals surface area contributed by atoms with Crippen molar-refractivity contribution in [1.82, 2.24) is 5.32 Å². The Morgan fingerprint density at radius 3 is 2.15 bits per heavy atom. The van der Waals surface area contributed by atoms with Gasteiger partial charge in [0.05, 0.1) is 12.1 Å². The molecule has 0 rings (SSSR count). The molecule has 78 valence electrons. The molecule has 3 heteroatoms. The third-order valence-electron chi connectivity index (χ3n) is 2.54. The Kier molecular flexibility index (Phi) is 5.71. The van der Waals surface area contributed by atoms with E-state index in [2.05, 4.69) is 5.32 Å². The monoisotopic (exact) mass is 187 g/mol. The lowest BCUT2D eigenvalue weighted by molar-refractivity contribution is -0.123. The average Bonchev–Trinajstić information content (AvgIpc) is 2.15. The average molecular weight is 187 g/mol. The van der Waals surface area contributed by atoms with Crippen LogP contribution >= 0.6 is 0 Å². The summed E-state index contributed by atoms with van der Waals surface area (Å²) < 4.78 is 0. The van der Waals surface area contributed by atoms with Crippen LogP contribution in [0.1, 0.15) is 46.5 Å². The lowest BCUT2D eigenvalue weighted by atomic mass is 9.93. The van der Waals surface area contributed by atoms with Crippen molar-refractivity contribution in [2.24, 2.45) is 0 Å². The molecule has 0 aromatic rings.